The molecule has 0 aliphatic carbocycles. The van der Waals surface area contributed by atoms with Gasteiger partial charge in [-0.25, -0.2) is 4.74 Å². The van der Waals surface area contributed by atoms with Gasteiger partial charge in [0.25, 0.3) is 0 Å². The first kappa shape index (κ1) is 12.2. The van der Waals surface area contributed by atoms with Crippen LogP contribution in [0.4, 0.5) is 30.7 Å². The van der Waals surface area contributed by atoms with Crippen molar-refractivity contribution in [3.05, 3.63) is 12.7 Å². The molecule has 1 atom stereocenters. The molecule has 0 spiro atoms. The lowest BCUT2D eigenvalue weighted by Crippen LogP contribution is -2.45. The smallest absolute Gasteiger partial charge is 0.242 e. The van der Waals surface area contributed by atoms with Gasteiger partial charge in [-0.2, -0.15) is 17.6 Å². The van der Waals surface area contributed by atoms with E-state index in [9.17, 15) is 30.7 Å². The predicted molar refractivity (Wildman–Crippen MR) is 27.2 cm³/mol. The van der Waals surface area contributed by atoms with Crippen LogP contribution in [0.5, 0.6) is 0 Å². The van der Waals surface area contributed by atoms with E-state index in [1.54, 1.807) is 0 Å². The molecular weight excluding hydrogens is 209 g/mol. The lowest BCUT2D eigenvalue weighted by atomic mass is 10.3. The van der Waals surface area contributed by atoms with Gasteiger partial charge in [0.1, 0.15) is 0 Å². The molecule has 0 aromatic rings. The van der Waals surface area contributed by atoms with Crippen molar-refractivity contribution in [3.8, 4) is 0 Å². The van der Waals surface area contributed by atoms with Gasteiger partial charge in [-0.1, -0.05) is 6.58 Å². The molecular formula is C5H3F7O. The van der Waals surface area contributed by atoms with Crippen LogP contribution < -0.4 is 0 Å². The minimum absolute atomic E-state index is 0.611. The van der Waals surface area contributed by atoms with E-state index in [2.05, 4.69) is 11.3 Å². The molecule has 13 heavy (non-hydrogen) atoms. The molecule has 0 aliphatic heterocycles. The van der Waals surface area contributed by atoms with Crippen LogP contribution in [0.3, 0.4) is 0 Å². The lowest BCUT2D eigenvalue weighted by Gasteiger charge is -2.24. The summed E-state index contributed by atoms with van der Waals surface area (Å²) in [7, 11) is 0. The van der Waals surface area contributed by atoms with Crippen molar-refractivity contribution in [2.24, 2.45) is 0 Å². The fourth-order valence-corrected chi connectivity index (χ4v) is 0.384. The molecule has 0 saturated heterocycles. The standard InChI is InChI=1S/C5H3F7O/c1-2-3(6,4(7,8)9)13-5(10,11)12/h2H,1H2. The third-order valence-corrected chi connectivity index (χ3v) is 0.913. The average molecular weight is 212 g/mol. The summed E-state index contributed by atoms with van der Waals surface area (Å²) in [6.45, 7) is 2.26. The van der Waals surface area contributed by atoms with E-state index in [0.29, 0.717) is 0 Å². The maximum Gasteiger partial charge on any atom is 0.525 e. The number of alkyl halides is 7. The molecule has 0 aromatic carbocycles. The second kappa shape index (κ2) is 3.17. The maximum absolute atomic E-state index is 12.3. The molecule has 0 amide bonds. The Bertz CT molecular complexity index is 192. The van der Waals surface area contributed by atoms with Gasteiger partial charge in [-0.15, -0.1) is 13.2 Å². The van der Waals surface area contributed by atoms with E-state index in [1.807, 2.05) is 0 Å². The van der Waals surface area contributed by atoms with Gasteiger partial charge in [-0.3, -0.25) is 0 Å². The molecule has 0 bridgehead atoms. The molecule has 0 aliphatic rings. The van der Waals surface area contributed by atoms with E-state index >= 15 is 0 Å². The summed E-state index contributed by atoms with van der Waals surface area (Å²) in [5.41, 5.74) is 0. The fraction of sp³-hybridized carbons (Fsp3) is 0.600. The summed E-state index contributed by atoms with van der Waals surface area (Å²) < 4.78 is 83.0. The Labute approximate surface area is 67.8 Å². The number of halogens is 7. The van der Waals surface area contributed by atoms with Crippen LogP contribution >= 0.6 is 0 Å². The molecule has 1 nitrogen and oxygen atoms in total. The summed E-state index contributed by atoms with van der Waals surface area (Å²) in [5.74, 6) is -4.90. The molecule has 0 heterocycles. The van der Waals surface area contributed by atoms with Crippen LogP contribution in [0.25, 0.3) is 0 Å². The van der Waals surface area contributed by atoms with E-state index < -0.39 is 24.5 Å². The lowest BCUT2D eigenvalue weighted by molar-refractivity contribution is -0.432. The van der Waals surface area contributed by atoms with Crippen LogP contribution in [0.2, 0.25) is 0 Å². The quantitative estimate of drug-likeness (QED) is 0.505. The van der Waals surface area contributed by atoms with Gasteiger partial charge in [0.05, 0.1) is 0 Å². The van der Waals surface area contributed by atoms with Crippen LogP contribution in [0, 0.1) is 0 Å². The number of hydrogen-bond donors (Lipinski definition) is 0. The van der Waals surface area contributed by atoms with Crippen molar-refractivity contribution in [2.75, 3.05) is 0 Å². The Morgan fingerprint density at radius 2 is 1.31 bits per heavy atom. The van der Waals surface area contributed by atoms with Gasteiger partial charge in [0, 0.05) is 0 Å². The highest BCUT2D eigenvalue weighted by Crippen LogP contribution is 2.40. The molecule has 78 valence electrons. The Morgan fingerprint density at radius 1 is 0.923 bits per heavy atom. The van der Waals surface area contributed by atoms with Crippen molar-refractivity contribution in [1.29, 1.82) is 0 Å². The number of hydrogen-bond acceptors (Lipinski definition) is 1. The van der Waals surface area contributed by atoms with E-state index in [-0.39, 0.29) is 0 Å². The highest BCUT2D eigenvalue weighted by Gasteiger charge is 2.60. The number of ether oxygens (including phenoxy) is 1. The molecule has 0 radical (unpaired) electrons. The second-order valence-corrected chi connectivity index (χ2v) is 1.89. The first-order valence-corrected chi connectivity index (χ1v) is 2.68. The van der Waals surface area contributed by atoms with Crippen LogP contribution in [-0.4, -0.2) is 18.4 Å². The van der Waals surface area contributed by atoms with Gasteiger partial charge in [0.2, 0.25) is 0 Å². The van der Waals surface area contributed by atoms with E-state index in [0.717, 1.165) is 0 Å². The summed E-state index contributed by atoms with van der Waals surface area (Å²) in [6.07, 6.45) is -12.1. The van der Waals surface area contributed by atoms with E-state index in [1.165, 1.54) is 0 Å². The molecule has 0 aromatic heterocycles. The van der Waals surface area contributed by atoms with Crippen LogP contribution in [0.1, 0.15) is 0 Å². The highest BCUT2D eigenvalue weighted by molar-refractivity contribution is 4.94. The van der Waals surface area contributed by atoms with Crippen molar-refractivity contribution >= 4 is 0 Å². The summed E-state index contributed by atoms with van der Waals surface area (Å²) in [5, 5.41) is 0. The third-order valence-electron chi connectivity index (χ3n) is 0.913. The van der Waals surface area contributed by atoms with Gasteiger partial charge >= 0.3 is 18.4 Å². The normalized spacial score (nSPS) is 18.1. The second-order valence-electron chi connectivity index (χ2n) is 1.89. The Morgan fingerprint density at radius 3 is 1.38 bits per heavy atom. The van der Waals surface area contributed by atoms with Gasteiger partial charge in [-0.05, 0) is 6.08 Å². The zero-order valence-corrected chi connectivity index (χ0v) is 5.84. The summed E-state index contributed by atoms with van der Waals surface area (Å²) >= 11 is 0. The minimum Gasteiger partial charge on any atom is -0.242 e. The first-order chi connectivity index (χ1) is 5.52. The van der Waals surface area contributed by atoms with Crippen LogP contribution in [-0.2, 0) is 4.74 Å². The SMILES string of the molecule is C=CC(F)(OC(F)(F)F)C(F)(F)F. The molecule has 1 unspecified atom stereocenters. The van der Waals surface area contributed by atoms with Gasteiger partial charge < -0.3 is 0 Å². The topological polar surface area (TPSA) is 9.23 Å². The molecule has 0 N–H and O–H groups in total. The Kier molecular flexibility index (Phi) is 2.97. The van der Waals surface area contributed by atoms with Crippen molar-refractivity contribution in [1.82, 2.24) is 0 Å². The largest absolute Gasteiger partial charge is 0.525 e. The van der Waals surface area contributed by atoms with Crippen LogP contribution in [0.15, 0.2) is 12.7 Å². The van der Waals surface area contributed by atoms with Gasteiger partial charge in [0.15, 0.2) is 0 Å². The van der Waals surface area contributed by atoms with Crippen molar-refractivity contribution in [3.63, 3.8) is 0 Å². The van der Waals surface area contributed by atoms with Crippen molar-refractivity contribution in [2.45, 2.75) is 18.4 Å². The molecule has 0 fully saturated rings. The Hall–Kier alpha value is -0.790. The number of rotatable bonds is 2. The predicted octanol–water partition coefficient (Wildman–Crippen LogP) is 2.94. The third kappa shape index (κ3) is 3.21. The van der Waals surface area contributed by atoms with Crippen molar-refractivity contribution < 1.29 is 35.5 Å². The summed E-state index contributed by atoms with van der Waals surface area (Å²) in [6, 6.07) is 0. The van der Waals surface area contributed by atoms with E-state index in [4.69, 9.17) is 0 Å². The molecule has 0 saturated carbocycles. The molecule has 0 rings (SSSR count). The zero-order chi connectivity index (χ0) is 10.9. The minimum atomic E-state index is -5.82. The maximum atomic E-state index is 12.3. The highest BCUT2D eigenvalue weighted by atomic mass is 19.4. The fourth-order valence-electron chi connectivity index (χ4n) is 0.384. The zero-order valence-electron chi connectivity index (χ0n) is 5.84. The average Bonchev–Trinajstić information content (AvgIpc) is 1.81. The first-order valence-electron chi connectivity index (χ1n) is 2.68. The summed E-state index contributed by atoms with van der Waals surface area (Å²) in [4.78, 5) is 0. The monoisotopic (exact) mass is 212 g/mol. The molecule has 8 heteroatoms. The Balaban J connectivity index is 4.77.